The van der Waals surface area contributed by atoms with Gasteiger partial charge in [-0.3, -0.25) is 9.59 Å². The van der Waals surface area contributed by atoms with Crippen LogP contribution in [-0.2, 0) is 14.3 Å². The van der Waals surface area contributed by atoms with Crippen molar-refractivity contribution in [2.24, 2.45) is 39.7 Å². The van der Waals surface area contributed by atoms with Crippen molar-refractivity contribution in [2.45, 2.75) is 118 Å². The van der Waals surface area contributed by atoms with E-state index in [9.17, 15) is 19.8 Å². The molecule has 4 fully saturated rings. The number of carbonyl (C=O) groups is 2. The van der Waals surface area contributed by atoms with E-state index in [4.69, 9.17) is 10.5 Å². The molecule has 0 aromatic carbocycles. The molecule has 0 heterocycles. The molecule has 0 unspecified atom stereocenters. The van der Waals surface area contributed by atoms with Crippen molar-refractivity contribution >= 4 is 11.8 Å². The highest BCUT2D eigenvalue weighted by Crippen LogP contribution is 2.74. The average molecular weight is 528 g/mol. The highest BCUT2D eigenvalue weighted by Gasteiger charge is 2.73. The Kier molecular flexibility index (Phi) is 7.47. The van der Waals surface area contributed by atoms with Gasteiger partial charge in [-0.2, -0.15) is 0 Å². The Balaban J connectivity index is 1.88. The number of fused-ring (bicyclic) bond motifs is 5. The number of ketones is 1. The van der Waals surface area contributed by atoms with Crippen LogP contribution >= 0.6 is 0 Å². The quantitative estimate of drug-likeness (QED) is 0.269. The maximum Gasteiger partial charge on any atom is 0.303 e. The maximum absolute atomic E-state index is 13.0. The van der Waals surface area contributed by atoms with Crippen molar-refractivity contribution < 1.29 is 24.5 Å². The normalized spacial score (nSPS) is 47.6. The summed E-state index contributed by atoms with van der Waals surface area (Å²) in [6.07, 6.45) is 8.30. The van der Waals surface area contributed by atoms with Gasteiger partial charge in [-0.1, -0.05) is 51.5 Å². The predicted molar refractivity (Wildman–Crippen MR) is 149 cm³/mol. The fourth-order valence-electron chi connectivity index (χ4n) is 9.59. The molecule has 38 heavy (non-hydrogen) atoms. The Morgan fingerprint density at radius 1 is 0.974 bits per heavy atom. The molecule has 4 saturated carbocycles. The fraction of sp³-hybridized carbons (Fsp3) is 0.750. The zero-order valence-corrected chi connectivity index (χ0v) is 24.6. The molecule has 10 atom stereocenters. The first kappa shape index (κ1) is 29.2. The average Bonchev–Trinajstić information content (AvgIpc) is 3.08. The van der Waals surface area contributed by atoms with E-state index >= 15 is 0 Å². The van der Waals surface area contributed by atoms with E-state index in [0.717, 1.165) is 30.4 Å². The molecule has 0 spiro atoms. The van der Waals surface area contributed by atoms with Gasteiger partial charge in [0.2, 0.25) is 0 Å². The minimum Gasteiger partial charge on any atom is -0.458 e. The summed E-state index contributed by atoms with van der Waals surface area (Å²) in [6, 6.07) is 0. The van der Waals surface area contributed by atoms with Gasteiger partial charge in [0.05, 0.1) is 12.2 Å². The van der Waals surface area contributed by atoms with Gasteiger partial charge in [-0.05, 0) is 93.0 Å². The highest BCUT2D eigenvalue weighted by atomic mass is 16.5. The minimum atomic E-state index is -0.616. The molecular formula is C32H49NO5. The SMILES string of the molecule is CC(=O)O[C@H]1C[C@@]2(C)[C@@H](C[C@@H](O)[C@@H]3[C@]2(C)CC[C@@]2(N)[C@H](C)[C@H](O)CC[C@]32C)/C1=C(\C=C\C=C(C)C)C(C)=O. The molecule has 0 amide bonds. The smallest absolute Gasteiger partial charge is 0.303 e. The third-order valence-corrected chi connectivity index (χ3v) is 11.8. The summed E-state index contributed by atoms with van der Waals surface area (Å²) in [5, 5.41) is 22.8. The summed E-state index contributed by atoms with van der Waals surface area (Å²) in [7, 11) is 0. The van der Waals surface area contributed by atoms with Gasteiger partial charge in [0, 0.05) is 24.0 Å². The molecule has 0 radical (unpaired) electrons. The van der Waals surface area contributed by atoms with Gasteiger partial charge >= 0.3 is 5.97 Å². The number of rotatable bonds is 4. The fourth-order valence-corrected chi connectivity index (χ4v) is 9.59. The van der Waals surface area contributed by atoms with Gasteiger partial charge < -0.3 is 20.7 Å². The summed E-state index contributed by atoms with van der Waals surface area (Å²) < 4.78 is 5.94. The number of Topliss-reactive ketones (excluding diaryl/α,β-unsaturated/α-hetero) is 1. The zero-order chi connectivity index (χ0) is 28.4. The Morgan fingerprint density at radius 3 is 2.21 bits per heavy atom. The lowest BCUT2D eigenvalue weighted by molar-refractivity contribution is -0.241. The number of nitrogens with two attached hydrogens (primary N) is 1. The van der Waals surface area contributed by atoms with E-state index < -0.39 is 23.9 Å². The van der Waals surface area contributed by atoms with E-state index in [1.165, 1.54) is 6.92 Å². The highest BCUT2D eigenvalue weighted by molar-refractivity contribution is 5.97. The summed E-state index contributed by atoms with van der Waals surface area (Å²) >= 11 is 0. The molecule has 0 bridgehead atoms. The molecule has 212 valence electrons. The summed E-state index contributed by atoms with van der Waals surface area (Å²) in [4.78, 5) is 25.3. The number of allylic oxidation sites excluding steroid dienone is 5. The molecule has 4 aliphatic rings. The zero-order valence-electron chi connectivity index (χ0n) is 24.6. The third-order valence-electron chi connectivity index (χ3n) is 11.8. The summed E-state index contributed by atoms with van der Waals surface area (Å²) in [5.41, 5.74) is 8.28. The molecule has 0 saturated heterocycles. The van der Waals surface area contributed by atoms with Crippen molar-refractivity contribution in [3.05, 3.63) is 34.9 Å². The van der Waals surface area contributed by atoms with Gasteiger partial charge in [0.25, 0.3) is 0 Å². The standard InChI is InChI=1S/C32H49NO5/c1-18(2)10-9-11-22(20(4)34)27-23-16-25(37)28-29(6,31(23,8)17-26(27)38-21(5)35)14-15-32(33)19(3)24(36)12-13-30(28,32)7/h9-11,19,23-26,28,36-37H,12-17,33H2,1-8H3/b11-9+,27-22-/t19-,23+,24-,25-,26+,28-,29+,30-,31+,32-/m1/s1. The number of hydrogen-bond acceptors (Lipinski definition) is 6. The van der Waals surface area contributed by atoms with Crippen molar-refractivity contribution in [3.8, 4) is 0 Å². The van der Waals surface area contributed by atoms with E-state index in [0.29, 0.717) is 24.8 Å². The van der Waals surface area contributed by atoms with Gasteiger partial charge in [-0.15, -0.1) is 0 Å². The molecule has 4 aliphatic carbocycles. The number of aliphatic hydroxyl groups excluding tert-OH is 2. The van der Waals surface area contributed by atoms with Crippen LogP contribution in [0.25, 0.3) is 0 Å². The van der Waals surface area contributed by atoms with Gasteiger partial charge in [-0.25, -0.2) is 0 Å². The topological polar surface area (TPSA) is 110 Å². The van der Waals surface area contributed by atoms with E-state index in [-0.39, 0.29) is 45.8 Å². The van der Waals surface area contributed by atoms with Crippen LogP contribution in [-0.4, -0.2) is 45.8 Å². The van der Waals surface area contributed by atoms with Crippen LogP contribution in [0.4, 0.5) is 0 Å². The molecule has 0 aromatic heterocycles. The van der Waals surface area contributed by atoms with Gasteiger partial charge in [0.15, 0.2) is 5.78 Å². The lowest BCUT2D eigenvalue weighted by Crippen LogP contribution is -2.75. The maximum atomic E-state index is 13.0. The molecular weight excluding hydrogens is 478 g/mol. The van der Waals surface area contributed by atoms with Crippen LogP contribution in [0.5, 0.6) is 0 Å². The minimum absolute atomic E-state index is 0.0547. The van der Waals surface area contributed by atoms with Crippen LogP contribution in [0.2, 0.25) is 0 Å². The predicted octanol–water partition coefficient (Wildman–Crippen LogP) is 5.03. The lowest BCUT2D eigenvalue weighted by atomic mass is 9.34. The van der Waals surface area contributed by atoms with Crippen molar-refractivity contribution in [1.82, 2.24) is 0 Å². The van der Waals surface area contributed by atoms with E-state index in [2.05, 4.69) is 27.7 Å². The molecule has 0 aliphatic heterocycles. The van der Waals surface area contributed by atoms with Crippen molar-refractivity contribution in [1.29, 1.82) is 0 Å². The first-order valence-corrected chi connectivity index (χ1v) is 14.4. The first-order chi connectivity index (χ1) is 17.5. The number of hydrogen-bond donors (Lipinski definition) is 3. The number of esters is 1. The second kappa shape index (κ2) is 9.71. The second-order valence-corrected chi connectivity index (χ2v) is 13.9. The molecule has 0 aromatic rings. The van der Waals surface area contributed by atoms with Gasteiger partial charge in [0.1, 0.15) is 6.10 Å². The van der Waals surface area contributed by atoms with Crippen molar-refractivity contribution in [2.75, 3.05) is 0 Å². The number of ether oxygens (including phenoxy) is 1. The largest absolute Gasteiger partial charge is 0.458 e. The number of carbonyl (C=O) groups excluding carboxylic acids is 2. The lowest BCUT2D eigenvalue weighted by Gasteiger charge is -2.71. The van der Waals surface area contributed by atoms with E-state index in [1.54, 1.807) is 6.92 Å². The van der Waals surface area contributed by atoms with Crippen LogP contribution < -0.4 is 5.73 Å². The molecule has 4 rings (SSSR count). The first-order valence-electron chi connectivity index (χ1n) is 14.4. The van der Waals surface area contributed by atoms with E-state index in [1.807, 2.05) is 32.1 Å². The Morgan fingerprint density at radius 2 is 1.63 bits per heavy atom. The summed E-state index contributed by atoms with van der Waals surface area (Å²) in [5.74, 6) is -0.642. The number of aliphatic hydroxyl groups is 2. The molecule has 4 N–H and O–H groups in total. The van der Waals surface area contributed by atoms with Crippen molar-refractivity contribution in [3.63, 3.8) is 0 Å². The van der Waals surface area contributed by atoms with Crippen LogP contribution in [0.1, 0.15) is 93.9 Å². The Bertz CT molecular complexity index is 1090. The monoisotopic (exact) mass is 527 g/mol. The molecule has 6 heteroatoms. The summed E-state index contributed by atoms with van der Waals surface area (Å²) in [6.45, 7) is 15.9. The Labute approximate surface area is 228 Å². The molecule has 6 nitrogen and oxygen atoms in total. The third kappa shape index (κ3) is 4.08. The Hall–Kier alpha value is -1.76. The van der Waals surface area contributed by atoms with Crippen LogP contribution in [0.3, 0.4) is 0 Å². The second-order valence-electron chi connectivity index (χ2n) is 13.9. The van der Waals surface area contributed by atoms with Crippen LogP contribution in [0.15, 0.2) is 34.9 Å². The van der Waals surface area contributed by atoms with Crippen LogP contribution in [0, 0.1) is 34.0 Å².